The third kappa shape index (κ3) is 5.86. The summed E-state index contributed by atoms with van der Waals surface area (Å²) in [4.78, 5) is 36.4. The van der Waals surface area contributed by atoms with Gasteiger partial charge in [0, 0.05) is 11.1 Å². The first kappa shape index (κ1) is 21.9. The molecule has 3 aromatic rings. The predicted octanol–water partition coefficient (Wildman–Crippen LogP) is 0.783. The van der Waals surface area contributed by atoms with Crippen LogP contribution in [0.2, 0.25) is 0 Å². The molecule has 0 spiro atoms. The van der Waals surface area contributed by atoms with Crippen molar-refractivity contribution in [2.24, 2.45) is 11.5 Å². The molecule has 0 unspecified atom stereocenters. The van der Waals surface area contributed by atoms with Crippen LogP contribution in [-0.2, 0) is 16.1 Å². The maximum absolute atomic E-state index is 12.4. The third-order valence-electron chi connectivity index (χ3n) is 4.74. The molecule has 6 N–H and O–H groups in total. The van der Waals surface area contributed by atoms with Gasteiger partial charge in [0.25, 0.3) is 5.91 Å². The largest absolute Gasteiger partial charge is 0.368 e. The van der Waals surface area contributed by atoms with E-state index in [4.69, 9.17) is 11.5 Å². The van der Waals surface area contributed by atoms with E-state index in [0.717, 1.165) is 17.2 Å². The van der Waals surface area contributed by atoms with Crippen LogP contribution in [0, 0.1) is 0 Å². The van der Waals surface area contributed by atoms with Gasteiger partial charge >= 0.3 is 0 Å². The lowest BCUT2D eigenvalue weighted by Gasteiger charge is -2.14. The van der Waals surface area contributed by atoms with Crippen molar-refractivity contribution in [2.45, 2.75) is 31.8 Å². The number of carbonyl (C=O) groups excluding carboxylic acids is 3. The van der Waals surface area contributed by atoms with Crippen LogP contribution in [-0.4, -0.2) is 45.3 Å². The van der Waals surface area contributed by atoms with Crippen molar-refractivity contribution in [3.05, 3.63) is 54.4 Å². The summed E-state index contributed by atoms with van der Waals surface area (Å²) in [6.45, 7) is 0.369. The molecular formula is C21H25N7O3. The van der Waals surface area contributed by atoms with Gasteiger partial charge in [-0.05, 0) is 37.3 Å². The van der Waals surface area contributed by atoms with E-state index in [2.05, 4.69) is 20.9 Å². The molecule has 0 aliphatic carbocycles. The lowest BCUT2D eigenvalue weighted by molar-refractivity contribution is -0.120. The van der Waals surface area contributed by atoms with Crippen LogP contribution in [0.5, 0.6) is 0 Å². The van der Waals surface area contributed by atoms with Crippen LogP contribution in [0.25, 0.3) is 10.8 Å². The van der Waals surface area contributed by atoms with Crippen LogP contribution in [0.3, 0.4) is 0 Å². The Bertz CT molecular complexity index is 1070. The second kappa shape index (κ2) is 10.3. The van der Waals surface area contributed by atoms with Crippen LogP contribution in [0.15, 0.2) is 48.7 Å². The Balaban J connectivity index is 1.60. The molecule has 162 valence electrons. The number of nitrogens with two attached hydrogens (primary N) is 2. The number of hydrogen-bond acceptors (Lipinski definition) is 6. The fraction of sp³-hybridized carbons (Fsp3) is 0.286. The van der Waals surface area contributed by atoms with Crippen molar-refractivity contribution < 1.29 is 14.4 Å². The average molecular weight is 423 g/mol. The van der Waals surface area contributed by atoms with Gasteiger partial charge in [-0.1, -0.05) is 41.6 Å². The molecule has 1 heterocycles. The Morgan fingerprint density at radius 3 is 2.61 bits per heavy atom. The molecule has 3 rings (SSSR count). The third-order valence-corrected chi connectivity index (χ3v) is 4.74. The number of fused-ring (bicyclic) bond motifs is 1. The standard InChI is InChI=1S/C21H25N7O3/c22-11-4-3-9-17(20(23)30)25-21(31)18-12-28(27-26-18)13-19(29)24-16-10-5-7-14-6-1-2-8-15(14)16/h1-2,5-8,10,12,17H,3-4,9,11,13,22H2,(H2,23,30)(H,24,29)(H,25,31)/t17-/m0/s1. The van der Waals surface area contributed by atoms with Crippen LogP contribution in [0.4, 0.5) is 5.69 Å². The van der Waals surface area contributed by atoms with Crippen molar-refractivity contribution in [3.63, 3.8) is 0 Å². The number of amides is 3. The molecule has 0 saturated carbocycles. The zero-order chi connectivity index (χ0) is 22.2. The van der Waals surface area contributed by atoms with Crippen LogP contribution in [0.1, 0.15) is 29.8 Å². The normalized spacial score (nSPS) is 11.8. The van der Waals surface area contributed by atoms with Gasteiger partial charge in [-0.25, -0.2) is 4.68 Å². The molecular weight excluding hydrogens is 398 g/mol. The number of rotatable bonds is 10. The Kier molecular flexibility index (Phi) is 7.28. The SMILES string of the molecule is NCCCC[C@H](NC(=O)c1cn(CC(=O)Nc2cccc3ccccc23)nn1)C(N)=O. The number of carbonyl (C=O) groups is 3. The number of unbranched alkanes of at least 4 members (excludes halogenated alkanes) is 1. The van der Waals surface area contributed by atoms with Gasteiger partial charge in [-0.15, -0.1) is 5.10 Å². The Hall–Kier alpha value is -3.79. The highest BCUT2D eigenvalue weighted by atomic mass is 16.2. The van der Waals surface area contributed by atoms with E-state index < -0.39 is 17.9 Å². The number of benzene rings is 2. The molecule has 1 aromatic heterocycles. The maximum atomic E-state index is 12.4. The highest BCUT2D eigenvalue weighted by Crippen LogP contribution is 2.22. The van der Waals surface area contributed by atoms with Gasteiger partial charge in [0.2, 0.25) is 11.8 Å². The zero-order valence-electron chi connectivity index (χ0n) is 17.0. The van der Waals surface area contributed by atoms with Gasteiger partial charge < -0.3 is 22.1 Å². The molecule has 3 amide bonds. The molecule has 0 saturated heterocycles. The van der Waals surface area contributed by atoms with E-state index in [1.54, 1.807) is 0 Å². The van der Waals surface area contributed by atoms with E-state index in [1.165, 1.54) is 10.9 Å². The summed E-state index contributed by atoms with van der Waals surface area (Å²) in [5.74, 6) is -1.53. The van der Waals surface area contributed by atoms with Gasteiger partial charge in [-0.2, -0.15) is 0 Å². The average Bonchev–Trinajstić information content (AvgIpc) is 3.21. The number of aromatic nitrogens is 3. The highest BCUT2D eigenvalue weighted by Gasteiger charge is 2.20. The Morgan fingerprint density at radius 2 is 1.84 bits per heavy atom. The minimum absolute atomic E-state index is 0.0111. The Morgan fingerprint density at radius 1 is 1.06 bits per heavy atom. The first-order valence-corrected chi connectivity index (χ1v) is 9.96. The quantitative estimate of drug-likeness (QED) is 0.353. The van der Waals surface area contributed by atoms with E-state index >= 15 is 0 Å². The minimum Gasteiger partial charge on any atom is -0.368 e. The lowest BCUT2D eigenvalue weighted by atomic mass is 10.1. The van der Waals surface area contributed by atoms with Crippen molar-refractivity contribution >= 4 is 34.2 Å². The van der Waals surface area contributed by atoms with E-state index in [-0.39, 0.29) is 18.1 Å². The summed E-state index contributed by atoms with van der Waals surface area (Å²) in [5, 5.41) is 14.9. The molecule has 10 nitrogen and oxygen atoms in total. The van der Waals surface area contributed by atoms with Gasteiger partial charge in [0.15, 0.2) is 5.69 Å². The summed E-state index contributed by atoms with van der Waals surface area (Å²) in [6, 6.07) is 12.5. The van der Waals surface area contributed by atoms with Crippen LogP contribution < -0.4 is 22.1 Å². The first-order chi connectivity index (χ1) is 15.0. The van der Waals surface area contributed by atoms with Crippen LogP contribution >= 0.6 is 0 Å². The lowest BCUT2D eigenvalue weighted by Crippen LogP contribution is -2.44. The topological polar surface area (TPSA) is 158 Å². The Labute approximate surface area is 179 Å². The number of hydrogen-bond donors (Lipinski definition) is 4. The van der Waals surface area contributed by atoms with Crippen molar-refractivity contribution in [1.82, 2.24) is 20.3 Å². The van der Waals surface area contributed by atoms with Crippen molar-refractivity contribution in [1.29, 1.82) is 0 Å². The molecule has 0 radical (unpaired) electrons. The zero-order valence-corrected chi connectivity index (χ0v) is 17.0. The molecule has 1 atom stereocenters. The molecule has 31 heavy (non-hydrogen) atoms. The summed E-state index contributed by atoms with van der Waals surface area (Å²) < 4.78 is 1.25. The summed E-state index contributed by atoms with van der Waals surface area (Å²) >= 11 is 0. The molecule has 0 bridgehead atoms. The number of primary amides is 1. The smallest absolute Gasteiger partial charge is 0.274 e. The second-order valence-corrected chi connectivity index (χ2v) is 7.09. The summed E-state index contributed by atoms with van der Waals surface area (Å²) in [6.07, 6.45) is 3.11. The molecule has 10 heteroatoms. The first-order valence-electron chi connectivity index (χ1n) is 9.96. The number of anilines is 1. The van der Waals surface area contributed by atoms with Gasteiger partial charge in [0.1, 0.15) is 12.6 Å². The van der Waals surface area contributed by atoms with E-state index in [1.807, 2.05) is 42.5 Å². The number of nitrogens with one attached hydrogen (secondary N) is 2. The van der Waals surface area contributed by atoms with Crippen molar-refractivity contribution in [2.75, 3.05) is 11.9 Å². The minimum atomic E-state index is -0.820. The molecule has 0 aliphatic heterocycles. The monoisotopic (exact) mass is 423 g/mol. The number of nitrogens with zero attached hydrogens (tertiary/aromatic N) is 3. The maximum Gasteiger partial charge on any atom is 0.274 e. The highest BCUT2D eigenvalue weighted by molar-refractivity contribution is 6.02. The molecule has 2 aromatic carbocycles. The second-order valence-electron chi connectivity index (χ2n) is 7.09. The summed E-state index contributed by atoms with van der Waals surface area (Å²) in [7, 11) is 0. The van der Waals surface area contributed by atoms with Gasteiger partial charge in [-0.3, -0.25) is 14.4 Å². The summed E-state index contributed by atoms with van der Waals surface area (Å²) in [5.41, 5.74) is 11.5. The molecule has 0 aliphatic rings. The predicted molar refractivity (Wildman–Crippen MR) is 116 cm³/mol. The van der Waals surface area contributed by atoms with Gasteiger partial charge in [0.05, 0.1) is 6.20 Å². The fourth-order valence-electron chi connectivity index (χ4n) is 3.16. The van der Waals surface area contributed by atoms with Crippen molar-refractivity contribution in [3.8, 4) is 0 Å². The van der Waals surface area contributed by atoms with E-state index in [9.17, 15) is 14.4 Å². The van der Waals surface area contributed by atoms with E-state index in [0.29, 0.717) is 25.1 Å². The fourth-order valence-corrected chi connectivity index (χ4v) is 3.16. The molecule has 0 fully saturated rings.